The van der Waals surface area contributed by atoms with Crippen LogP contribution in [0.3, 0.4) is 0 Å². The number of hydrogen-bond donors (Lipinski definition) is 4. The molecule has 0 bridgehead atoms. The van der Waals surface area contributed by atoms with Crippen molar-refractivity contribution in [3.05, 3.63) is 129 Å². The zero-order chi connectivity index (χ0) is 32.2. The number of pyridine rings is 1. The van der Waals surface area contributed by atoms with Crippen LogP contribution < -0.4 is 16.2 Å². The quantitative estimate of drug-likeness (QED) is 0.172. The molecule has 46 heavy (non-hydrogen) atoms. The number of hydrogen-bond acceptors (Lipinski definition) is 7. The summed E-state index contributed by atoms with van der Waals surface area (Å²) in [5, 5.41) is 18.1. The van der Waals surface area contributed by atoms with Crippen molar-refractivity contribution in [1.29, 1.82) is 0 Å². The number of rotatable bonds is 9. The molecule has 0 radical (unpaired) electrons. The van der Waals surface area contributed by atoms with Crippen LogP contribution in [-0.4, -0.2) is 54.0 Å². The monoisotopic (exact) mass is 633 g/mol. The van der Waals surface area contributed by atoms with Gasteiger partial charge >= 0.3 is 0 Å². The summed E-state index contributed by atoms with van der Waals surface area (Å²) >= 11 is 6.24. The Labute approximate surface area is 267 Å². The van der Waals surface area contributed by atoms with E-state index in [2.05, 4.69) is 36.1 Å². The molecule has 230 valence electrons. The summed E-state index contributed by atoms with van der Waals surface area (Å²) in [4.78, 5) is 49.1. The number of nitrogens with one attached hydrogen (secondary N) is 4. The van der Waals surface area contributed by atoms with Crippen molar-refractivity contribution in [2.75, 3.05) is 7.05 Å². The van der Waals surface area contributed by atoms with Gasteiger partial charge in [0.1, 0.15) is 12.2 Å². The van der Waals surface area contributed by atoms with E-state index < -0.39 is 6.04 Å². The maximum absolute atomic E-state index is 13.4. The lowest BCUT2D eigenvalue weighted by atomic mass is 10.0. The van der Waals surface area contributed by atoms with Crippen LogP contribution in [0.25, 0.3) is 33.9 Å². The van der Waals surface area contributed by atoms with Gasteiger partial charge in [0.05, 0.1) is 23.0 Å². The number of imidazole rings is 1. The largest absolute Gasteiger partial charge is 0.355 e. The number of benzene rings is 3. The molecular weight excluding hydrogens is 606 g/mol. The molecule has 3 aromatic heterocycles. The molecule has 13 heteroatoms. The van der Waals surface area contributed by atoms with E-state index in [1.165, 1.54) is 30.2 Å². The molecule has 0 unspecified atom stereocenters. The maximum atomic E-state index is 13.4. The third kappa shape index (κ3) is 6.47. The Morgan fingerprint density at radius 3 is 2.63 bits per heavy atom. The second-order valence-electron chi connectivity index (χ2n) is 10.5. The predicted octanol–water partition coefficient (Wildman–Crippen LogP) is 4.33. The molecule has 4 N–H and O–H groups in total. The van der Waals surface area contributed by atoms with Gasteiger partial charge in [-0.15, -0.1) is 5.10 Å². The molecule has 2 amide bonds. The number of aromatic amines is 2. The zero-order valence-corrected chi connectivity index (χ0v) is 25.5. The van der Waals surface area contributed by atoms with E-state index in [1.807, 2.05) is 49.4 Å². The van der Waals surface area contributed by atoms with Gasteiger partial charge in [0.15, 0.2) is 0 Å². The molecule has 0 saturated carbocycles. The SMILES string of the molecule is CNC(=O)c1cc(=O)[nH]c2ccc(-c3nc([C@H](Cc4ccccc4)NC(=O)/C=C/c4cc(Cl)ccc4-n4cnnn4)[nH]c3C)cc12. The van der Waals surface area contributed by atoms with Gasteiger partial charge in [-0.05, 0) is 65.7 Å². The lowest BCUT2D eigenvalue weighted by Gasteiger charge is -2.16. The Morgan fingerprint density at radius 2 is 1.87 bits per heavy atom. The van der Waals surface area contributed by atoms with Crippen LogP contribution in [0.4, 0.5) is 0 Å². The first-order valence-corrected chi connectivity index (χ1v) is 14.7. The molecule has 0 aliphatic rings. The first-order valence-electron chi connectivity index (χ1n) is 14.3. The lowest BCUT2D eigenvalue weighted by Crippen LogP contribution is -2.29. The highest BCUT2D eigenvalue weighted by Crippen LogP contribution is 2.29. The Balaban J connectivity index is 1.33. The number of H-pyrrole nitrogens is 2. The summed E-state index contributed by atoms with van der Waals surface area (Å²) in [5.74, 6) is -0.151. The van der Waals surface area contributed by atoms with Gasteiger partial charge in [0, 0.05) is 51.9 Å². The fraction of sp³-hybridized carbons (Fsp3) is 0.121. The first kappa shape index (κ1) is 30.2. The minimum atomic E-state index is -0.511. The van der Waals surface area contributed by atoms with E-state index in [0.717, 1.165) is 16.8 Å². The summed E-state index contributed by atoms with van der Waals surface area (Å²) < 4.78 is 1.49. The van der Waals surface area contributed by atoms with Gasteiger partial charge < -0.3 is 20.6 Å². The van der Waals surface area contributed by atoms with Crippen LogP contribution in [0.1, 0.15) is 39.0 Å². The third-order valence-electron chi connectivity index (χ3n) is 7.42. The minimum Gasteiger partial charge on any atom is -0.355 e. The van der Waals surface area contributed by atoms with Crippen LogP contribution in [-0.2, 0) is 11.2 Å². The van der Waals surface area contributed by atoms with Crippen LogP contribution in [0.15, 0.2) is 90.0 Å². The van der Waals surface area contributed by atoms with Gasteiger partial charge in [-0.1, -0.05) is 48.0 Å². The van der Waals surface area contributed by atoms with Gasteiger partial charge in [-0.25, -0.2) is 4.98 Å². The van der Waals surface area contributed by atoms with Crippen molar-refractivity contribution in [3.8, 4) is 16.9 Å². The molecule has 0 spiro atoms. The lowest BCUT2D eigenvalue weighted by molar-refractivity contribution is -0.117. The van der Waals surface area contributed by atoms with E-state index >= 15 is 0 Å². The maximum Gasteiger partial charge on any atom is 0.251 e. The highest BCUT2D eigenvalue weighted by Gasteiger charge is 2.21. The van der Waals surface area contributed by atoms with Crippen molar-refractivity contribution in [3.63, 3.8) is 0 Å². The molecule has 0 saturated heterocycles. The molecule has 0 aliphatic heterocycles. The van der Waals surface area contributed by atoms with Crippen molar-refractivity contribution < 1.29 is 9.59 Å². The van der Waals surface area contributed by atoms with Crippen molar-refractivity contribution in [2.45, 2.75) is 19.4 Å². The van der Waals surface area contributed by atoms with Crippen molar-refractivity contribution in [2.24, 2.45) is 0 Å². The Hall–Kier alpha value is -5.88. The molecule has 6 aromatic rings. The summed E-state index contributed by atoms with van der Waals surface area (Å²) in [6.07, 6.45) is 5.01. The van der Waals surface area contributed by atoms with Crippen LogP contribution in [0.5, 0.6) is 0 Å². The van der Waals surface area contributed by atoms with E-state index in [4.69, 9.17) is 16.6 Å². The van der Waals surface area contributed by atoms with Crippen molar-refractivity contribution >= 4 is 40.4 Å². The number of carbonyl (C=O) groups excluding carboxylic acids is 2. The molecule has 3 aromatic carbocycles. The molecule has 0 aliphatic carbocycles. The smallest absolute Gasteiger partial charge is 0.251 e. The molecule has 6 rings (SSSR count). The predicted molar refractivity (Wildman–Crippen MR) is 175 cm³/mol. The Kier molecular flexibility index (Phi) is 8.53. The molecule has 3 heterocycles. The second-order valence-corrected chi connectivity index (χ2v) is 11.0. The summed E-state index contributed by atoms with van der Waals surface area (Å²) in [5.41, 5.74) is 4.91. The summed E-state index contributed by atoms with van der Waals surface area (Å²) in [6, 6.07) is 21.2. The fourth-order valence-electron chi connectivity index (χ4n) is 5.24. The number of carbonyl (C=O) groups is 2. The standard InChI is InChI=1S/C33H28ClN9O3/c1-19-31(22-8-11-26-24(16-22)25(33(46)35-2)17-30(45)38-26)40-32(37-19)27(14-20-6-4-3-5-7-20)39-29(44)13-9-21-15-23(34)10-12-28(21)43-18-36-41-42-43/h3-13,15-18,27H,14H2,1-2H3,(H,35,46)(H,37,40)(H,38,45)(H,39,44)/b13-9+/t27-/m0/s1. The zero-order valence-electron chi connectivity index (χ0n) is 24.8. The highest BCUT2D eigenvalue weighted by atomic mass is 35.5. The van der Waals surface area contributed by atoms with E-state index in [0.29, 0.717) is 45.1 Å². The fourth-order valence-corrected chi connectivity index (χ4v) is 5.42. The number of nitrogens with zero attached hydrogens (tertiary/aromatic N) is 5. The summed E-state index contributed by atoms with van der Waals surface area (Å²) in [6.45, 7) is 1.89. The molecule has 0 fully saturated rings. The average Bonchev–Trinajstić information content (AvgIpc) is 3.73. The first-order chi connectivity index (χ1) is 22.3. The number of fused-ring (bicyclic) bond motifs is 1. The molecule has 1 atom stereocenters. The van der Waals surface area contributed by atoms with Crippen molar-refractivity contribution in [1.82, 2.24) is 45.8 Å². The van der Waals surface area contributed by atoms with E-state index in [-0.39, 0.29) is 22.9 Å². The topological polar surface area (TPSA) is 163 Å². The van der Waals surface area contributed by atoms with Gasteiger partial charge in [0.2, 0.25) is 11.5 Å². The van der Waals surface area contributed by atoms with Crippen LogP contribution >= 0.6 is 11.6 Å². The second kappa shape index (κ2) is 13.0. The number of aryl methyl sites for hydroxylation is 1. The minimum absolute atomic E-state index is 0.264. The van der Waals surface area contributed by atoms with E-state index in [1.54, 1.807) is 30.3 Å². The highest BCUT2D eigenvalue weighted by molar-refractivity contribution is 6.30. The molecule has 12 nitrogen and oxygen atoms in total. The number of tetrazole rings is 1. The number of aromatic nitrogens is 7. The normalized spacial score (nSPS) is 12.0. The Bertz CT molecular complexity index is 2140. The van der Waals surface area contributed by atoms with Crippen LogP contribution in [0, 0.1) is 6.92 Å². The Morgan fingerprint density at radius 1 is 1.04 bits per heavy atom. The van der Waals surface area contributed by atoms with Gasteiger partial charge in [-0.3, -0.25) is 14.4 Å². The average molecular weight is 634 g/mol. The number of amides is 2. The molecular formula is C33H28ClN9O3. The summed E-state index contributed by atoms with van der Waals surface area (Å²) in [7, 11) is 1.52. The van der Waals surface area contributed by atoms with E-state index in [9.17, 15) is 14.4 Å². The van der Waals surface area contributed by atoms with Gasteiger partial charge in [-0.2, -0.15) is 4.68 Å². The van der Waals surface area contributed by atoms with Gasteiger partial charge in [0.25, 0.3) is 5.91 Å². The number of halogens is 1. The third-order valence-corrected chi connectivity index (χ3v) is 7.66. The van der Waals surface area contributed by atoms with Crippen LogP contribution in [0.2, 0.25) is 5.02 Å².